The van der Waals surface area contributed by atoms with E-state index in [-0.39, 0.29) is 34.5 Å². The van der Waals surface area contributed by atoms with E-state index in [4.69, 9.17) is 0 Å². The summed E-state index contributed by atoms with van der Waals surface area (Å²) in [6.07, 6.45) is 0. The largest absolute Gasteiger partial charge is 0.351 e. The predicted molar refractivity (Wildman–Crippen MR) is 115 cm³/mol. The van der Waals surface area contributed by atoms with Gasteiger partial charge in [0.05, 0.1) is 9.79 Å². The Labute approximate surface area is 178 Å². The van der Waals surface area contributed by atoms with E-state index in [1.54, 1.807) is 32.9 Å². The lowest BCUT2D eigenvalue weighted by Gasteiger charge is -2.12. The lowest BCUT2D eigenvalue weighted by Crippen LogP contribution is -2.35. The zero-order valence-electron chi connectivity index (χ0n) is 17.4. The van der Waals surface area contributed by atoms with Crippen LogP contribution in [0, 0.1) is 13.8 Å². The van der Waals surface area contributed by atoms with Crippen LogP contribution in [-0.2, 0) is 20.0 Å². The molecule has 164 valence electrons. The zero-order valence-corrected chi connectivity index (χ0v) is 19.0. The van der Waals surface area contributed by atoms with Crippen molar-refractivity contribution in [2.75, 3.05) is 13.1 Å². The minimum absolute atomic E-state index is 0.00561. The predicted octanol–water partition coefficient (Wildman–Crippen LogP) is 1.70. The van der Waals surface area contributed by atoms with E-state index in [0.29, 0.717) is 5.56 Å². The molecule has 0 spiro atoms. The molecule has 0 aliphatic heterocycles. The van der Waals surface area contributed by atoms with Gasteiger partial charge in [-0.05, 0) is 63.1 Å². The highest BCUT2D eigenvalue weighted by Crippen LogP contribution is 2.16. The van der Waals surface area contributed by atoms with Crippen LogP contribution < -0.4 is 14.8 Å². The summed E-state index contributed by atoms with van der Waals surface area (Å²) < 4.78 is 54.4. The van der Waals surface area contributed by atoms with E-state index in [1.807, 2.05) is 13.0 Å². The van der Waals surface area contributed by atoms with Crippen LogP contribution in [0.2, 0.25) is 0 Å². The van der Waals surface area contributed by atoms with E-state index in [1.165, 1.54) is 24.3 Å². The highest BCUT2D eigenvalue weighted by molar-refractivity contribution is 7.89. The molecule has 0 bridgehead atoms. The molecule has 10 heteroatoms. The van der Waals surface area contributed by atoms with Crippen molar-refractivity contribution in [3.8, 4) is 0 Å². The molecule has 3 N–H and O–H groups in total. The number of sulfonamides is 2. The molecule has 1 amide bonds. The van der Waals surface area contributed by atoms with Gasteiger partial charge in [-0.15, -0.1) is 0 Å². The van der Waals surface area contributed by atoms with E-state index in [9.17, 15) is 21.6 Å². The van der Waals surface area contributed by atoms with Crippen LogP contribution in [0.1, 0.15) is 35.3 Å². The second-order valence-corrected chi connectivity index (χ2v) is 10.7. The highest BCUT2D eigenvalue weighted by Gasteiger charge is 2.18. The molecule has 0 fully saturated rings. The second-order valence-electron chi connectivity index (χ2n) is 7.23. The van der Waals surface area contributed by atoms with Crippen molar-refractivity contribution in [3.63, 3.8) is 0 Å². The number of carbonyl (C=O) groups excluding carboxylic acids is 1. The van der Waals surface area contributed by atoms with Crippen molar-refractivity contribution in [1.82, 2.24) is 14.8 Å². The Balaban J connectivity index is 1.98. The van der Waals surface area contributed by atoms with Gasteiger partial charge in [-0.2, -0.15) is 0 Å². The maximum atomic E-state index is 12.5. The summed E-state index contributed by atoms with van der Waals surface area (Å²) >= 11 is 0. The molecular formula is C20H27N3O5S2. The Morgan fingerprint density at radius 1 is 0.933 bits per heavy atom. The average Bonchev–Trinajstić information content (AvgIpc) is 2.66. The molecular weight excluding hydrogens is 426 g/mol. The maximum Gasteiger partial charge on any atom is 0.251 e. The molecule has 0 aliphatic rings. The summed E-state index contributed by atoms with van der Waals surface area (Å²) in [5.41, 5.74) is 1.63. The number of hydrogen-bond donors (Lipinski definition) is 3. The smallest absolute Gasteiger partial charge is 0.251 e. The first-order valence-electron chi connectivity index (χ1n) is 9.40. The van der Waals surface area contributed by atoms with Crippen LogP contribution in [0.15, 0.2) is 52.3 Å². The van der Waals surface area contributed by atoms with Crippen molar-refractivity contribution in [2.45, 2.75) is 43.5 Å². The van der Waals surface area contributed by atoms with Crippen LogP contribution in [0.4, 0.5) is 0 Å². The minimum atomic E-state index is -3.72. The van der Waals surface area contributed by atoms with Crippen LogP contribution in [0.25, 0.3) is 0 Å². The SMILES string of the molecule is Cc1ccc(C)c(S(=O)(=O)NCCNC(=O)c2cccc(S(=O)(=O)NC(C)C)c2)c1. The van der Waals surface area contributed by atoms with Gasteiger partial charge < -0.3 is 5.32 Å². The topological polar surface area (TPSA) is 121 Å². The number of amides is 1. The average molecular weight is 454 g/mol. The molecule has 0 aliphatic carbocycles. The lowest BCUT2D eigenvalue weighted by atomic mass is 10.2. The fraction of sp³-hybridized carbons (Fsp3) is 0.350. The normalized spacial score (nSPS) is 12.2. The number of hydrogen-bond acceptors (Lipinski definition) is 5. The number of aryl methyl sites for hydroxylation is 2. The summed E-state index contributed by atoms with van der Waals surface area (Å²) in [6.45, 7) is 6.97. The molecule has 0 radical (unpaired) electrons. The van der Waals surface area contributed by atoms with E-state index >= 15 is 0 Å². The molecule has 2 aromatic carbocycles. The molecule has 0 aromatic heterocycles. The molecule has 0 unspecified atom stereocenters. The number of carbonyl (C=O) groups is 1. The van der Waals surface area contributed by atoms with E-state index in [0.717, 1.165) is 5.56 Å². The first-order chi connectivity index (χ1) is 13.9. The van der Waals surface area contributed by atoms with Crippen molar-refractivity contribution < 1.29 is 21.6 Å². The van der Waals surface area contributed by atoms with E-state index < -0.39 is 26.0 Å². The van der Waals surface area contributed by atoms with Gasteiger partial charge in [-0.3, -0.25) is 4.79 Å². The fourth-order valence-corrected chi connectivity index (χ4v) is 5.38. The first-order valence-corrected chi connectivity index (χ1v) is 12.4. The van der Waals surface area contributed by atoms with Gasteiger partial charge in [0.1, 0.15) is 0 Å². The summed E-state index contributed by atoms with van der Waals surface area (Å²) in [7, 11) is -7.42. The van der Waals surface area contributed by atoms with Gasteiger partial charge in [-0.25, -0.2) is 26.3 Å². The zero-order chi connectivity index (χ0) is 22.5. The summed E-state index contributed by atoms with van der Waals surface area (Å²) in [5.74, 6) is -0.498. The van der Waals surface area contributed by atoms with Crippen LogP contribution in [-0.4, -0.2) is 41.9 Å². The highest BCUT2D eigenvalue weighted by atomic mass is 32.2. The second kappa shape index (κ2) is 9.69. The van der Waals surface area contributed by atoms with Crippen molar-refractivity contribution >= 4 is 26.0 Å². The Hall–Kier alpha value is -2.27. The van der Waals surface area contributed by atoms with Crippen LogP contribution >= 0.6 is 0 Å². The fourth-order valence-electron chi connectivity index (χ4n) is 2.72. The third kappa shape index (κ3) is 6.36. The van der Waals surface area contributed by atoms with Crippen LogP contribution in [0.5, 0.6) is 0 Å². The quantitative estimate of drug-likeness (QED) is 0.499. The number of rotatable bonds is 9. The third-order valence-corrected chi connectivity index (χ3v) is 7.39. The molecule has 30 heavy (non-hydrogen) atoms. The van der Waals surface area contributed by atoms with Gasteiger partial charge in [-0.1, -0.05) is 18.2 Å². The van der Waals surface area contributed by atoms with Gasteiger partial charge in [0.15, 0.2) is 0 Å². The number of benzene rings is 2. The summed E-state index contributed by atoms with van der Waals surface area (Å²) in [6, 6.07) is 10.5. The molecule has 0 atom stereocenters. The molecule has 2 rings (SSSR count). The maximum absolute atomic E-state index is 12.5. The van der Waals surface area contributed by atoms with Crippen molar-refractivity contribution in [1.29, 1.82) is 0 Å². The molecule has 0 saturated carbocycles. The minimum Gasteiger partial charge on any atom is -0.351 e. The van der Waals surface area contributed by atoms with Gasteiger partial charge in [0, 0.05) is 24.7 Å². The Morgan fingerprint density at radius 3 is 2.30 bits per heavy atom. The third-order valence-electron chi connectivity index (χ3n) is 4.13. The van der Waals surface area contributed by atoms with Gasteiger partial charge in [0.2, 0.25) is 20.0 Å². The Bertz CT molecular complexity index is 1130. The molecule has 8 nitrogen and oxygen atoms in total. The van der Waals surface area contributed by atoms with Gasteiger partial charge >= 0.3 is 0 Å². The van der Waals surface area contributed by atoms with Crippen molar-refractivity contribution in [2.24, 2.45) is 0 Å². The van der Waals surface area contributed by atoms with Crippen molar-refractivity contribution in [3.05, 3.63) is 59.2 Å². The Kier molecular flexibility index (Phi) is 7.75. The lowest BCUT2D eigenvalue weighted by molar-refractivity contribution is 0.0954. The molecule has 2 aromatic rings. The first kappa shape index (κ1) is 24.0. The van der Waals surface area contributed by atoms with E-state index in [2.05, 4.69) is 14.8 Å². The Morgan fingerprint density at radius 2 is 1.63 bits per heavy atom. The molecule has 0 heterocycles. The standard InChI is InChI=1S/C20H27N3O5S2/c1-14(2)23-29(25,26)18-7-5-6-17(13-18)20(24)21-10-11-22-30(27,28)19-12-15(3)8-9-16(19)4/h5-9,12-14,22-23H,10-11H2,1-4H3,(H,21,24). The van der Waals surface area contributed by atoms with Gasteiger partial charge in [0.25, 0.3) is 5.91 Å². The number of nitrogens with one attached hydrogen (secondary N) is 3. The molecule has 0 saturated heterocycles. The summed E-state index contributed by atoms with van der Waals surface area (Å²) in [4.78, 5) is 12.5. The van der Waals surface area contributed by atoms with Crippen LogP contribution in [0.3, 0.4) is 0 Å². The monoisotopic (exact) mass is 453 g/mol. The summed E-state index contributed by atoms with van der Waals surface area (Å²) in [5, 5.41) is 2.59.